The maximum absolute atomic E-state index is 11.1. The van der Waals surface area contributed by atoms with Crippen molar-refractivity contribution in [3.05, 3.63) is 16.1 Å². The van der Waals surface area contributed by atoms with Crippen LogP contribution in [0, 0.1) is 6.92 Å². The number of nitrogens with one attached hydrogen (secondary N) is 1. The molecule has 1 aliphatic carbocycles. The van der Waals surface area contributed by atoms with Crippen molar-refractivity contribution in [3.63, 3.8) is 0 Å². The smallest absolute Gasteiger partial charge is 0.323 e. The number of carboxylic acids is 1. The summed E-state index contributed by atoms with van der Waals surface area (Å²) < 4.78 is 0. The second kappa shape index (κ2) is 3.90. The molecule has 0 aromatic carbocycles. The molecule has 1 aromatic heterocycles. The monoisotopic (exact) mass is 226 g/mol. The Kier molecular flexibility index (Phi) is 2.75. The minimum atomic E-state index is -0.727. The zero-order chi connectivity index (χ0) is 10.9. The number of hydrogen-bond acceptors (Lipinski definition) is 4. The van der Waals surface area contributed by atoms with Crippen molar-refractivity contribution in [1.29, 1.82) is 0 Å². The molecule has 0 aliphatic heterocycles. The molecular formula is C10H14N2O2S. The van der Waals surface area contributed by atoms with Gasteiger partial charge in [0.2, 0.25) is 0 Å². The molecule has 0 saturated heterocycles. The van der Waals surface area contributed by atoms with E-state index in [-0.39, 0.29) is 0 Å². The van der Waals surface area contributed by atoms with Crippen LogP contribution in [-0.2, 0) is 11.3 Å². The molecule has 5 heteroatoms. The number of hydrogen-bond donors (Lipinski definition) is 2. The van der Waals surface area contributed by atoms with Crippen LogP contribution in [0.5, 0.6) is 0 Å². The van der Waals surface area contributed by atoms with Gasteiger partial charge in [-0.05, 0) is 26.2 Å². The summed E-state index contributed by atoms with van der Waals surface area (Å²) >= 11 is 1.61. The molecule has 2 N–H and O–H groups in total. The number of aryl methyl sites for hydroxylation is 1. The van der Waals surface area contributed by atoms with Gasteiger partial charge >= 0.3 is 5.97 Å². The highest BCUT2D eigenvalue weighted by atomic mass is 32.1. The van der Waals surface area contributed by atoms with Gasteiger partial charge in [-0.3, -0.25) is 10.1 Å². The van der Waals surface area contributed by atoms with E-state index in [1.807, 2.05) is 6.92 Å². The van der Waals surface area contributed by atoms with Crippen molar-refractivity contribution in [3.8, 4) is 0 Å². The van der Waals surface area contributed by atoms with Crippen LogP contribution in [0.3, 0.4) is 0 Å². The summed E-state index contributed by atoms with van der Waals surface area (Å²) in [6.45, 7) is 2.56. The van der Waals surface area contributed by atoms with E-state index in [1.54, 1.807) is 17.5 Å². The summed E-state index contributed by atoms with van der Waals surface area (Å²) in [5.74, 6) is -0.727. The number of aliphatic carboxylic acids is 1. The Morgan fingerprint density at radius 2 is 2.47 bits per heavy atom. The van der Waals surface area contributed by atoms with Gasteiger partial charge in [0.1, 0.15) is 5.54 Å². The van der Waals surface area contributed by atoms with Crippen LogP contribution in [0.2, 0.25) is 0 Å². The van der Waals surface area contributed by atoms with Crippen LogP contribution in [-0.4, -0.2) is 21.6 Å². The fraction of sp³-hybridized carbons (Fsp3) is 0.600. The van der Waals surface area contributed by atoms with Crippen molar-refractivity contribution in [1.82, 2.24) is 10.3 Å². The lowest BCUT2D eigenvalue weighted by atomic mass is 9.77. The molecule has 0 spiro atoms. The van der Waals surface area contributed by atoms with Gasteiger partial charge in [-0.1, -0.05) is 0 Å². The molecule has 15 heavy (non-hydrogen) atoms. The summed E-state index contributed by atoms with van der Waals surface area (Å²) in [4.78, 5) is 16.3. The quantitative estimate of drug-likeness (QED) is 0.817. The molecule has 0 radical (unpaired) electrons. The minimum Gasteiger partial charge on any atom is -0.480 e. The first-order valence-corrected chi connectivity index (χ1v) is 5.84. The molecule has 1 saturated carbocycles. The standard InChI is InChI=1S/C10H14N2O2S/c1-7-11-5-8(15-7)6-12-10(9(13)14)3-2-4-10/h5,12H,2-4,6H2,1H3,(H,13,14). The summed E-state index contributed by atoms with van der Waals surface area (Å²) in [6.07, 6.45) is 4.28. The molecule has 1 aliphatic rings. The van der Waals surface area contributed by atoms with Gasteiger partial charge in [-0.15, -0.1) is 11.3 Å². The number of aromatic nitrogens is 1. The fourth-order valence-electron chi connectivity index (χ4n) is 1.74. The second-order valence-corrected chi connectivity index (χ2v) is 5.26. The third kappa shape index (κ3) is 2.03. The van der Waals surface area contributed by atoms with E-state index < -0.39 is 11.5 Å². The topological polar surface area (TPSA) is 62.2 Å². The first-order valence-electron chi connectivity index (χ1n) is 5.02. The lowest BCUT2D eigenvalue weighted by Crippen LogP contribution is -2.56. The number of nitrogens with zero attached hydrogens (tertiary/aromatic N) is 1. The minimum absolute atomic E-state index is 0.609. The molecule has 0 atom stereocenters. The molecule has 1 heterocycles. The van der Waals surface area contributed by atoms with Crippen LogP contribution in [0.4, 0.5) is 0 Å². The zero-order valence-corrected chi connectivity index (χ0v) is 9.43. The Balaban J connectivity index is 1.95. The highest BCUT2D eigenvalue weighted by Crippen LogP contribution is 2.32. The predicted molar refractivity (Wildman–Crippen MR) is 57.9 cm³/mol. The van der Waals surface area contributed by atoms with E-state index in [0.29, 0.717) is 6.54 Å². The van der Waals surface area contributed by atoms with E-state index in [1.165, 1.54) is 0 Å². The largest absolute Gasteiger partial charge is 0.480 e. The molecule has 2 rings (SSSR count). The summed E-state index contributed by atoms with van der Waals surface area (Å²) in [5, 5.41) is 13.2. The van der Waals surface area contributed by atoms with E-state index in [0.717, 1.165) is 29.1 Å². The van der Waals surface area contributed by atoms with Crippen molar-refractivity contribution in [2.75, 3.05) is 0 Å². The first kappa shape index (κ1) is 10.6. The molecule has 1 fully saturated rings. The van der Waals surface area contributed by atoms with Gasteiger partial charge in [-0.2, -0.15) is 0 Å². The van der Waals surface area contributed by atoms with E-state index in [2.05, 4.69) is 10.3 Å². The zero-order valence-electron chi connectivity index (χ0n) is 8.62. The first-order chi connectivity index (χ1) is 7.12. The van der Waals surface area contributed by atoms with Gasteiger partial charge in [0, 0.05) is 17.6 Å². The fourth-order valence-corrected chi connectivity index (χ4v) is 2.47. The van der Waals surface area contributed by atoms with Crippen LogP contribution in [0.25, 0.3) is 0 Å². The van der Waals surface area contributed by atoms with Gasteiger partial charge in [0.25, 0.3) is 0 Å². The second-order valence-electron chi connectivity index (χ2n) is 3.94. The maximum Gasteiger partial charge on any atom is 0.323 e. The lowest BCUT2D eigenvalue weighted by molar-refractivity contribution is -0.148. The average Bonchev–Trinajstić information content (AvgIpc) is 2.49. The van der Waals surface area contributed by atoms with Crippen molar-refractivity contribution in [2.24, 2.45) is 0 Å². The lowest BCUT2D eigenvalue weighted by Gasteiger charge is -2.38. The maximum atomic E-state index is 11.1. The molecule has 0 unspecified atom stereocenters. The number of carboxylic acid groups (broad SMARTS) is 1. The van der Waals surface area contributed by atoms with Gasteiger partial charge in [0.15, 0.2) is 0 Å². The van der Waals surface area contributed by atoms with Crippen LogP contribution >= 0.6 is 11.3 Å². The summed E-state index contributed by atoms with van der Waals surface area (Å²) in [7, 11) is 0. The van der Waals surface area contributed by atoms with Crippen molar-refractivity contribution in [2.45, 2.75) is 38.3 Å². The van der Waals surface area contributed by atoms with Crippen LogP contribution < -0.4 is 5.32 Å². The van der Waals surface area contributed by atoms with E-state index in [9.17, 15) is 4.79 Å². The Morgan fingerprint density at radius 1 is 1.73 bits per heavy atom. The number of thiazole rings is 1. The van der Waals surface area contributed by atoms with E-state index in [4.69, 9.17) is 5.11 Å². The molecular weight excluding hydrogens is 212 g/mol. The normalized spacial score (nSPS) is 18.5. The van der Waals surface area contributed by atoms with Crippen molar-refractivity contribution < 1.29 is 9.90 Å². The third-order valence-corrected chi connectivity index (χ3v) is 3.80. The average molecular weight is 226 g/mol. The summed E-state index contributed by atoms with van der Waals surface area (Å²) in [6, 6.07) is 0. The van der Waals surface area contributed by atoms with E-state index >= 15 is 0 Å². The van der Waals surface area contributed by atoms with Gasteiger partial charge in [0.05, 0.1) is 5.01 Å². The van der Waals surface area contributed by atoms with Crippen LogP contribution in [0.1, 0.15) is 29.1 Å². The van der Waals surface area contributed by atoms with Gasteiger partial charge < -0.3 is 5.11 Å². The highest BCUT2D eigenvalue weighted by Gasteiger charge is 2.43. The number of carbonyl (C=O) groups is 1. The third-order valence-electron chi connectivity index (χ3n) is 2.89. The van der Waals surface area contributed by atoms with Crippen molar-refractivity contribution >= 4 is 17.3 Å². The highest BCUT2D eigenvalue weighted by molar-refractivity contribution is 7.11. The predicted octanol–water partition coefficient (Wildman–Crippen LogP) is 1.55. The molecule has 4 nitrogen and oxygen atoms in total. The molecule has 1 aromatic rings. The Labute approximate surface area is 92.3 Å². The SMILES string of the molecule is Cc1ncc(CNC2(C(=O)O)CCC2)s1. The Bertz CT molecular complexity index is 371. The Hall–Kier alpha value is -0.940. The summed E-state index contributed by atoms with van der Waals surface area (Å²) in [5.41, 5.74) is -0.669. The van der Waals surface area contributed by atoms with Gasteiger partial charge in [-0.25, -0.2) is 4.98 Å². The number of rotatable bonds is 4. The Morgan fingerprint density at radius 3 is 2.87 bits per heavy atom. The molecule has 0 amide bonds. The van der Waals surface area contributed by atoms with Crippen LogP contribution in [0.15, 0.2) is 6.20 Å². The molecule has 0 bridgehead atoms. The molecule has 82 valence electrons.